The predicted octanol–water partition coefficient (Wildman–Crippen LogP) is 0.994. The zero-order chi connectivity index (χ0) is 10.7. The zero-order valence-electron chi connectivity index (χ0n) is 9.06. The van der Waals surface area contributed by atoms with Crippen LogP contribution < -0.4 is 4.90 Å². The SMILES string of the molecule is Cc1ccnc(N2CCC[C@H](CO)C2)n1. The third kappa shape index (κ3) is 2.45. The number of hydrogen-bond acceptors (Lipinski definition) is 4. The molecule has 15 heavy (non-hydrogen) atoms. The van der Waals surface area contributed by atoms with Crippen LogP contribution in [0.5, 0.6) is 0 Å². The number of hydrogen-bond donors (Lipinski definition) is 1. The monoisotopic (exact) mass is 207 g/mol. The molecule has 1 saturated heterocycles. The number of rotatable bonds is 2. The van der Waals surface area contributed by atoms with Crippen LogP contribution in [0.2, 0.25) is 0 Å². The van der Waals surface area contributed by atoms with Gasteiger partial charge in [0.25, 0.3) is 0 Å². The lowest BCUT2D eigenvalue weighted by Gasteiger charge is -2.31. The molecule has 1 aliphatic heterocycles. The van der Waals surface area contributed by atoms with Crippen LogP contribution in [0.3, 0.4) is 0 Å². The number of aliphatic hydroxyl groups is 1. The van der Waals surface area contributed by atoms with Crippen molar-refractivity contribution < 1.29 is 5.11 Å². The molecule has 0 amide bonds. The third-order valence-corrected chi connectivity index (χ3v) is 2.84. The van der Waals surface area contributed by atoms with Gasteiger partial charge in [0.2, 0.25) is 5.95 Å². The van der Waals surface area contributed by atoms with Crippen molar-refractivity contribution in [3.05, 3.63) is 18.0 Å². The van der Waals surface area contributed by atoms with Crippen molar-refractivity contribution in [2.75, 3.05) is 24.6 Å². The standard InChI is InChI=1S/C11H17N3O/c1-9-4-5-12-11(13-9)14-6-2-3-10(7-14)8-15/h4-5,10,15H,2-3,6-8H2,1H3/t10-/m0/s1. The van der Waals surface area contributed by atoms with E-state index < -0.39 is 0 Å². The maximum Gasteiger partial charge on any atom is 0.225 e. The first kappa shape index (κ1) is 10.4. The van der Waals surface area contributed by atoms with Gasteiger partial charge in [-0.2, -0.15) is 0 Å². The second kappa shape index (κ2) is 4.57. The largest absolute Gasteiger partial charge is 0.396 e. The molecule has 1 aromatic heterocycles. The van der Waals surface area contributed by atoms with Gasteiger partial charge in [0.15, 0.2) is 0 Å². The van der Waals surface area contributed by atoms with Gasteiger partial charge in [-0.05, 0) is 31.7 Å². The second-order valence-corrected chi connectivity index (χ2v) is 4.13. The third-order valence-electron chi connectivity index (χ3n) is 2.84. The van der Waals surface area contributed by atoms with E-state index in [1.165, 1.54) is 0 Å². The van der Waals surface area contributed by atoms with E-state index in [0.717, 1.165) is 37.6 Å². The minimum atomic E-state index is 0.266. The molecule has 82 valence electrons. The summed E-state index contributed by atoms with van der Waals surface area (Å²) in [5.41, 5.74) is 0.992. The van der Waals surface area contributed by atoms with Gasteiger partial charge in [-0.15, -0.1) is 0 Å². The molecule has 1 aliphatic rings. The highest BCUT2D eigenvalue weighted by Crippen LogP contribution is 2.19. The first-order chi connectivity index (χ1) is 7.29. The summed E-state index contributed by atoms with van der Waals surface area (Å²) in [5.74, 6) is 1.18. The van der Waals surface area contributed by atoms with Gasteiger partial charge in [0.1, 0.15) is 0 Å². The Kier molecular flexibility index (Phi) is 3.16. The van der Waals surface area contributed by atoms with E-state index in [-0.39, 0.29) is 6.61 Å². The predicted molar refractivity (Wildman–Crippen MR) is 58.8 cm³/mol. The maximum atomic E-state index is 9.14. The van der Waals surface area contributed by atoms with Gasteiger partial charge in [-0.1, -0.05) is 0 Å². The van der Waals surface area contributed by atoms with Gasteiger partial charge >= 0.3 is 0 Å². The summed E-state index contributed by atoms with van der Waals surface area (Å²) in [6.45, 7) is 4.11. The van der Waals surface area contributed by atoms with Crippen molar-refractivity contribution >= 4 is 5.95 Å². The first-order valence-corrected chi connectivity index (χ1v) is 5.45. The summed E-state index contributed by atoms with van der Waals surface area (Å²) in [6.07, 6.45) is 4.02. The van der Waals surface area contributed by atoms with Crippen LogP contribution in [0.15, 0.2) is 12.3 Å². The summed E-state index contributed by atoms with van der Waals surface area (Å²) in [5, 5.41) is 9.14. The molecule has 2 heterocycles. The lowest BCUT2D eigenvalue weighted by atomic mass is 9.99. The molecule has 0 radical (unpaired) electrons. The van der Waals surface area contributed by atoms with Crippen LogP contribution >= 0.6 is 0 Å². The summed E-state index contributed by atoms with van der Waals surface area (Å²) >= 11 is 0. The van der Waals surface area contributed by atoms with Crippen LogP contribution in [0, 0.1) is 12.8 Å². The summed E-state index contributed by atoms with van der Waals surface area (Å²) in [4.78, 5) is 10.8. The summed E-state index contributed by atoms with van der Waals surface area (Å²) in [7, 11) is 0. The van der Waals surface area contributed by atoms with Crippen molar-refractivity contribution in [1.29, 1.82) is 0 Å². The lowest BCUT2D eigenvalue weighted by molar-refractivity contribution is 0.208. The normalized spacial score (nSPS) is 21.7. The fourth-order valence-corrected chi connectivity index (χ4v) is 1.98. The first-order valence-electron chi connectivity index (χ1n) is 5.45. The summed E-state index contributed by atoms with van der Waals surface area (Å²) in [6, 6.07) is 1.90. The molecule has 2 rings (SSSR count). The zero-order valence-corrected chi connectivity index (χ0v) is 9.06. The molecule has 0 aromatic carbocycles. The maximum absolute atomic E-state index is 9.14. The van der Waals surface area contributed by atoms with E-state index in [1.807, 2.05) is 13.0 Å². The van der Waals surface area contributed by atoms with Crippen LogP contribution in [0.4, 0.5) is 5.95 Å². The molecule has 0 saturated carbocycles. The van der Waals surface area contributed by atoms with Crippen molar-refractivity contribution in [3.8, 4) is 0 Å². The molecule has 4 nitrogen and oxygen atoms in total. The minimum absolute atomic E-state index is 0.266. The number of aliphatic hydroxyl groups excluding tert-OH is 1. The summed E-state index contributed by atoms with van der Waals surface area (Å²) < 4.78 is 0. The Morgan fingerprint density at radius 3 is 3.20 bits per heavy atom. The van der Waals surface area contributed by atoms with E-state index in [4.69, 9.17) is 5.11 Å². The van der Waals surface area contributed by atoms with Crippen LogP contribution in [-0.2, 0) is 0 Å². The second-order valence-electron chi connectivity index (χ2n) is 4.13. The van der Waals surface area contributed by atoms with Crippen LogP contribution in [-0.4, -0.2) is 34.8 Å². The number of nitrogens with zero attached hydrogens (tertiary/aromatic N) is 3. The highest BCUT2D eigenvalue weighted by atomic mass is 16.3. The molecule has 0 spiro atoms. The quantitative estimate of drug-likeness (QED) is 0.785. The highest BCUT2D eigenvalue weighted by Gasteiger charge is 2.20. The van der Waals surface area contributed by atoms with Gasteiger partial charge < -0.3 is 10.0 Å². The van der Waals surface area contributed by atoms with E-state index in [2.05, 4.69) is 14.9 Å². The highest BCUT2D eigenvalue weighted by molar-refractivity contribution is 5.30. The Morgan fingerprint density at radius 1 is 1.60 bits per heavy atom. The molecule has 1 aromatic rings. The van der Waals surface area contributed by atoms with E-state index >= 15 is 0 Å². The van der Waals surface area contributed by atoms with Crippen LogP contribution in [0.1, 0.15) is 18.5 Å². The van der Waals surface area contributed by atoms with Crippen molar-refractivity contribution in [2.45, 2.75) is 19.8 Å². The Morgan fingerprint density at radius 2 is 2.47 bits per heavy atom. The molecule has 0 aliphatic carbocycles. The molecule has 1 fully saturated rings. The molecule has 1 N–H and O–H groups in total. The topological polar surface area (TPSA) is 49.2 Å². The average Bonchev–Trinajstić information content (AvgIpc) is 2.29. The lowest BCUT2D eigenvalue weighted by Crippen LogP contribution is -2.37. The molecule has 0 bridgehead atoms. The van der Waals surface area contributed by atoms with Crippen molar-refractivity contribution in [2.24, 2.45) is 5.92 Å². The van der Waals surface area contributed by atoms with Gasteiger partial charge in [-0.25, -0.2) is 9.97 Å². The number of piperidine rings is 1. The molecule has 1 atom stereocenters. The van der Waals surface area contributed by atoms with E-state index in [1.54, 1.807) is 6.20 Å². The van der Waals surface area contributed by atoms with E-state index in [9.17, 15) is 0 Å². The Bertz CT molecular complexity index is 329. The Balaban J connectivity index is 2.09. The molecule has 0 unspecified atom stereocenters. The van der Waals surface area contributed by atoms with Gasteiger partial charge in [-0.3, -0.25) is 0 Å². The van der Waals surface area contributed by atoms with Crippen molar-refractivity contribution in [1.82, 2.24) is 9.97 Å². The number of aryl methyl sites for hydroxylation is 1. The Hall–Kier alpha value is -1.16. The van der Waals surface area contributed by atoms with Crippen molar-refractivity contribution in [3.63, 3.8) is 0 Å². The molecule has 4 heteroatoms. The number of aromatic nitrogens is 2. The fourth-order valence-electron chi connectivity index (χ4n) is 1.98. The minimum Gasteiger partial charge on any atom is -0.396 e. The van der Waals surface area contributed by atoms with Gasteiger partial charge in [0.05, 0.1) is 0 Å². The fraction of sp³-hybridized carbons (Fsp3) is 0.636. The molecular weight excluding hydrogens is 190 g/mol. The average molecular weight is 207 g/mol. The van der Waals surface area contributed by atoms with Gasteiger partial charge in [0, 0.05) is 31.6 Å². The number of anilines is 1. The molecular formula is C11H17N3O. The van der Waals surface area contributed by atoms with Crippen LogP contribution in [0.25, 0.3) is 0 Å². The smallest absolute Gasteiger partial charge is 0.225 e. The Labute approximate surface area is 90.0 Å². The van der Waals surface area contributed by atoms with E-state index in [0.29, 0.717) is 5.92 Å².